The molecule has 0 spiro atoms. The molecule has 0 aromatic carbocycles. The number of aliphatic hydroxyl groups is 1. The zero-order valence-electron chi connectivity index (χ0n) is 10.7. The lowest BCUT2D eigenvalue weighted by Crippen LogP contribution is -2.65. The maximum atomic E-state index is 11.6. The van der Waals surface area contributed by atoms with Gasteiger partial charge in [-0.2, -0.15) is 0 Å². The number of hydrogen-bond acceptors (Lipinski definition) is 4. The highest BCUT2D eigenvalue weighted by Crippen LogP contribution is 2.26. The Hall–Kier alpha value is -1.30. The second-order valence-electron chi connectivity index (χ2n) is 5.41. The zero-order chi connectivity index (χ0) is 13.3. The molecule has 0 aliphatic carbocycles. The zero-order valence-corrected chi connectivity index (χ0v) is 10.7. The second-order valence-corrected chi connectivity index (χ2v) is 5.41. The molecule has 1 aliphatic heterocycles. The highest BCUT2D eigenvalue weighted by Gasteiger charge is 2.46. The third-order valence-electron chi connectivity index (χ3n) is 2.39. The molecule has 1 fully saturated rings. The minimum Gasteiger partial charge on any atom is -0.444 e. The molecular formula is C11H20N2O4. The van der Waals surface area contributed by atoms with E-state index in [1.165, 1.54) is 11.9 Å². The van der Waals surface area contributed by atoms with Gasteiger partial charge in [0.05, 0.1) is 19.5 Å². The summed E-state index contributed by atoms with van der Waals surface area (Å²) in [6.45, 7) is 5.61. The number of hydrogen-bond donors (Lipinski definition) is 2. The lowest BCUT2D eigenvalue weighted by molar-refractivity contribution is -0.137. The molecule has 0 aromatic heterocycles. The summed E-state index contributed by atoms with van der Waals surface area (Å²) in [5.74, 6) is -0.240. The van der Waals surface area contributed by atoms with Crippen LogP contribution in [0.25, 0.3) is 0 Å². The molecule has 6 nitrogen and oxygen atoms in total. The fraction of sp³-hybridized carbons (Fsp3) is 0.818. The molecule has 1 saturated heterocycles. The SMILES string of the molecule is CNC(=O)CC1(O)CN(C(=O)OC(C)(C)C)C1. The van der Waals surface area contributed by atoms with Crippen molar-refractivity contribution in [3.8, 4) is 0 Å². The van der Waals surface area contributed by atoms with Gasteiger partial charge in [0, 0.05) is 7.05 Å². The average Bonchev–Trinajstić information content (AvgIpc) is 2.10. The van der Waals surface area contributed by atoms with E-state index in [9.17, 15) is 14.7 Å². The molecule has 6 heteroatoms. The number of ether oxygens (including phenoxy) is 1. The van der Waals surface area contributed by atoms with Gasteiger partial charge in [0.25, 0.3) is 0 Å². The van der Waals surface area contributed by atoms with E-state index in [1.807, 2.05) is 0 Å². The molecule has 1 aliphatic rings. The Bertz CT molecular complexity index is 316. The minimum absolute atomic E-state index is 0.00278. The molecule has 1 heterocycles. The molecule has 98 valence electrons. The summed E-state index contributed by atoms with van der Waals surface area (Å²) >= 11 is 0. The van der Waals surface area contributed by atoms with Crippen LogP contribution in [0.2, 0.25) is 0 Å². The first-order chi connectivity index (χ1) is 7.65. The standard InChI is InChI=1S/C11H20N2O4/c1-10(2,3)17-9(15)13-6-11(16,7-13)5-8(14)12-4/h16H,5-7H2,1-4H3,(H,12,14). The van der Waals surface area contributed by atoms with Crippen LogP contribution in [0.5, 0.6) is 0 Å². The van der Waals surface area contributed by atoms with Crippen LogP contribution in [0, 0.1) is 0 Å². The van der Waals surface area contributed by atoms with Crippen LogP contribution in [0.1, 0.15) is 27.2 Å². The highest BCUT2D eigenvalue weighted by molar-refractivity contribution is 5.78. The molecule has 0 atom stereocenters. The molecule has 17 heavy (non-hydrogen) atoms. The second kappa shape index (κ2) is 4.52. The highest BCUT2D eigenvalue weighted by atomic mass is 16.6. The number of carbonyl (C=O) groups excluding carboxylic acids is 2. The fourth-order valence-corrected chi connectivity index (χ4v) is 1.62. The Morgan fingerprint density at radius 1 is 1.41 bits per heavy atom. The van der Waals surface area contributed by atoms with E-state index >= 15 is 0 Å². The van der Waals surface area contributed by atoms with Crippen LogP contribution >= 0.6 is 0 Å². The quantitative estimate of drug-likeness (QED) is 0.722. The first kappa shape index (κ1) is 13.8. The van der Waals surface area contributed by atoms with E-state index in [1.54, 1.807) is 20.8 Å². The van der Waals surface area contributed by atoms with Crippen molar-refractivity contribution in [2.24, 2.45) is 0 Å². The molecular weight excluding hydrogens is 224 g/mol. The number of rotatable bonds is 2. The summed E-state index contributed by atoms with van der Waals surface area (Å²) in [6, 6.07) is 0. The first-order valence-electron chi connectivity index (χ1n) is 5.56. The predicted octanol–water partition coefficient (Wildman–Crippen LogP) is 0.104. The van der Waals surface area contributed by atoms with Crippen molar-refractivity contribution in [2.75, 3.05) is 20.1 Å². The Kier molecular flexibility index (Phi) is 3.66. The molecule has 1 rings (SSSR count). The van der Waals surface area contributed by atoms with Crippen LogP contribution in [-0.2, 0) is 9.53 Å². The first-order valence-corrected chi connectivity index (χ1v) is 5.56. The van der Waals surface area contributed by atoms with Gasteiger partial charge in [-0.15, -0.1) is 0 Å². The average molecular weight is 244 g/mol. The van der Waals surface area contributed by atoms with Crippen molar-refractivity contribution < 1.29 is 19.4 Å². The summed E-state index contributed by atoms with van der Waals surface area (Å²) in [5.41, 5.74) is -1.66. The third-order valence-corrected chi connectivity index (χ3v) is 2.39. The van der Waals surface area contributed by atoms with Gasteiger partial charge in [0.2, 0.25) is 5.91 Å². The van der Waals surface area contributed by atoms with Gasteiger partial charge in [0.15, 0.2) is 0 Å². The Morgan fingerprint density at radius 2 is 1.94 bits per heavy atom. The molecule has 0 radical (unpaired) electrons. The van der Waals surface area contributed by atoms with Crippen molar-refractivity contribution in [1.82, 2.24) is 10.2 Å². The summed E-state index contributed by atoms with van der Waals surface area (Å²) in [5, 5.41) is 12.4. The molecule has 2 N–H and O–H groups in total. The minimum atomic E-state index is -1.11. The molecule has 0 bridgehead atoms. The van der Waals surface area contributed by atoms with Crippen LogP contribution < -0.4 is 5.32 Å². The van der Waals surface area contributed by atoms with Gasteiger partial charge in [-0.3, -0.25) is 4.79 Å². The van der Waals surface area contributed by atoms with Gasteiger partial charge in [-0.05, 0) is 20.8 Å². The molecule has 0 saturated carbocycles. The van der Waals surface area contributed by atoms with Crippen molar-refractivity contribution in [1.29, 1.82) is 0 Å². The maximum absolute atomic E-state index is 11.6. The van der Waals surface area contributed by atoms with Crippen molar-refractivity contribution in [2.45, 2.75) is 38.4 Å². The number of amides is 2. The third kappa shape index (κ3) is 3.89. The normalized spacial score (nSPS) is 18.3. The largest absolute Gasteiger partial charge is 0.444 e. The van der Waals surface area contributed by atoms with E-state index < -0.39 is 17.3 Å². The van der Waals surface area contributed by atoms with E-state index in [-0.39, 0.29) is 25.4 Å². The summed E-state index contributed by atoms with van der Waals surface area (Å²) < 4.78 is 5.14. The van der Waals surface area contributed by atoms with E-state index in [0.29, 0.717) is 0 Å². The number of nitrogens with one attached hydrogen (secondary N) is 1. The smallest absolute Gasteiger partial charge is 0.410 e. The van der Waals surface area contributed by atoms with Crippen LogP contribution in [0.15, 0.2) is 0 Å². The van der Waals surface area contributed by atoms with Gasteiger partial charge >= 0.3 is 6.09 Å². The van der Waals surface area contributed by atoms with Gasteiger partial charge in [0.1, 0.15) is 11.2 Å². The molecule has 2 amide bonds. The molecule has 0 unspecified atom stereocenters. The number of nitrogens with zero attached hydrogens (tertiary/aromatic N) is 1. The van der Waals surface area contributed by atoms with Gasteiger partial charge in [-0.25, -0.2) is 4.79 Å². The van der Waals surface area contributed by atoms with E-state index in [2.05, 4.69) is 5.32 Å². The van der Waals surface area contributed by atoms with Crippen molar-refractivity contribution in [3.05, 3.63) is 0 Å². The number of β-amino-alcohol motifs (C(OH)–C–C–N with tert-alkyl or cyclic N) is 1. The van der Waals surface area contributed by atoms with Crippen LogP contribution in [0.3, 0.4) is 0 Å². The Labute approximate surface area is 101 Å². The fourth-order valence-electron chi connectivity index (χ4n) is 1.62. The lowest BCUT2D eigenvalue weighted by Gasteiger charge is -2.45. The maximum Gasteiger partial charge on any atom is 0.410 e. The van der Waals surface area contributed by atoms with Gasteiger partial charge < -0.3 is 20.1 Å². The Morgan fingerprint density at radius 3 is 2.35 bits per heavy atom. The molecule has 0 aromatic rings. The predicted molar refractivity (Wildman–Crippen MR) is 61.4 cm³/mol. The number of likely N-dealkylation sites (tertiary alicyclic amines) is 1. The van der Waals surface area contributed by atoms with E-state index in [4.69, 9.17) is 4.74 Å². The lowest BCUT2D eigenvalue weighted by atomic mass is 9.90. The van der Waals surface area contributed by atoms with Crippen LogP contribution in [0.4, 0.5) is 4.79 Å². The number of carbonyl (C=O) groups is 2. The van der Waals surface area contributed by atoms with Crippen LogP contribution in [-0.4, -0.2) is 53.3 Å². The summed E-state index contributed by atoms with van der Waals surface area (Å²) in [7, 11) is 1.51. The van der Waals surface area contributed by atoms with Gasteiger partial charge in [-0.1, -0.05) is 0 Å². The van der Waals surface area contributed by atoms with Crippen molar-refractivity contribution in [3.63, 3.8) is 0 Å². The Balaban J connectivity index is 2.40. The van der Waals surface area contributed by atoms with E-state index in [0.717, 1.165) is 0 Å². The monoisotopic (exact) mass is 244 g/mol. The van der Waals surface area contributed by atoms with Crippen molar-refractivity contribution >= 4 is 12.0 Å². The topological polar surface area (TPSA) is 78.9 Å². The summed E-state index contributed by atoms with van der Waals surface area (Å²) in [6.07, 6.45) is -0.456. The summed E-state index contributed by atoms with van der Waals surface area (Å²) in [4.78, 5) is 24.1.